The van der Waals surface area contributed by atoms with Crippen molar-refractivity contribution in [2.45, 2.75) is 26.3 Å². The fourth-order valence-corrected chi connectivity index (χ4v) is 2.05. The second-order valence-electron chi connectivity index (χ2n) is 4.43. The number of benzene rings is 1. The molecule has 0 aliphatic carbocycles. The summed E-state index contributed by atoms with van der Waals surface area (Å²) in [4.78, 5) is 14.1. The molecular weight excluding hydrogens is 276 g/mol. The third kappa shape index (κ3) is 4.41. The molecule has 0 fully saturated rings. The number of halogens is 1. The van der Waals surface area contributed by atoms with Gasteiger partial charge in [-0.05, 0) is 31.7 Å². The largest absolute Gasteiger partial charge is 0.397 e. The van der Waals surface area contributed by atoms with Crippen LogP contribution in [0.1, 0.15) is 20.3 Å². The third-order valence-electron chi connectivity index (χ3n) is 3.12. The highest BCUT2D eigenvalue weighted by Crippen LogP contribution is 2.23. The highest BCUT2D eigenvalue weighted by molar-refractivity contribution is 6.31. The Kier molecular flexibility index (Phi) is 6.29. The molecule has 0 aliphatic rings. The van der Waals surface area contributed by atoms with Gasteiger partial charge in [0.05, 0.1) is 23.5 Å². The van der Waals surface area contributed by atoms with Gasteiger partial charge >= 0.3 is 0 Å². The predicted octanol–water partition coefficient (Wildman–Crippen LogP) is 2.48. The van der Waals surface area contributed by atoms with E-state index in [1.807, 2.05) is 18.7 Å². The normalized spacial score (nSPS) is 11.9. The lowest BCUT2D eigenvalue weighted by atomic mass is 10.2. The van der Waals surface area contributed by atoms with Crippen molar-refractivity contribution in [3.8, 4) is 6.07 Å². The van der Waals surface area contributed by atoms with Gasteiger partial charge in [-0.1, -0.05) is 18.5 Å². The Morgan fingerprint density at radius 1 is 1.60 bits per heavy atom. The van der Waals surface area contributed by atoms with Gasteiger partial charge in [0.25, 0.3) is 0 Å². The number of anilines is 2. The average Bonchev–Trinajstić information content (AvgIpc) is 2.42. The van der Waals surface area contributed by atoms with Gasteiger partial charge in [-0.15, -0.1) is 0 Å². The van der Waals surface area contributed by atoms with Crippen LogP contribution in [0.3, 0.4) is 0 Å². The predicted molar refractivity (Wildman–Crippen MR) is 81.4 cm³/mol. The maximum atomic E-state index is 12.2. The number of nitrogens with two attached hydrogens (primary N) is 1. The minimum atomic E-state index is -0.330. The fourth-order valence-electron chi connectivity index (χ4n) is 1.87. The molecule has 5 nitrogen and oxygen atoms in total. The molecule has 0 radical (unpaired) electrons. The summed E-state index contributed by atoms with van der Waals surface area (Å²) in [5, 5.41) is 11.9. The lowest BCUT2D eigenvalue weighted by Gasteiger charge is -2.26. The Balaban J connectivity index is 2.71. The first-order valence-electron chi connectivity index (χ1n) is 6.46. The SMILES string of the molecule is CCN(CCC#N)C(C)C(=O)Nc1ccc(Cl)cc1N. The Labute approximate surface area is 124 Å². The van der Waals surface area contributed by atoms with Gasteiger partial charge in [-0.2, -0.15) is 5.26 Å². The van der Waals surface area contributed by atoms with Gasteiger partial charge in [0.1, 0.15) is 0 Å². The van der Waals surface area contributed by atoms with Gasteiger partial charge in [0.2, 0.25) is 5.91 Å². The molecule has 1 unspecified atom stereocenters. The van der Waals surface area contributed by atoms with Crippen LogP contribution in [0.5, 0.6) is 0 Å². The second-order valence-corrected chi connectivity index (χ2v) is 4.87. The molecule has 1 aromatic rings. The molecule has 1 aromatic carbocycles. The molecule has 3 N–H and O–H groups in total. The van der Waals surface area contributed by atoms with E-state index in [9.17, 15) is 4.79 Å². The van der Waals surface area contributed by atoms with Crippen molar-refractivity contribution in [3.63, 3.8) is 0 Å². The highest BCUT2D eigenvalue weighted by atomic mass is 35.5. The molecule has 0 heterocycles. The number of carbonyl (C=O) groups is 1. The minimum absolute atomic E-state index is 0.154. The van der Waals surface area contributed by atoms with Crippen LogP contribution in [-0.2, 0) is 4.79 Å². The first-order chi connectivity index (χ1) is 9.49. The number of nitrogens with zero attached hydrogens (tertiary/aromatic N) is 2. The van der Waals surface area contributed by atoms with E-state index in [0.29, 0.717) is 35.9 Å². The molecule has 1 amide bonds. The Hall–Kier alpha value is -1.77. The van der Waals surface area contributed by atoms with Crippen LogP contribution in [0.2, 0.25) is 5.02 Å². The van der Waals surface area contributed by atoms with Crippen molar-refractivity contribution in [1.82, 2.24) is 4.90 Å². The second kappa shape index (κ2) is 7.73. The van der Waals surface area contributed by atoms with Crippen LogP contribution in [0.15, 0.2) is 18.2 Å². The van der Waals surface area contributed by atoms with Crippen LogP contribution >= 0.6 is 11.6 Å². The molecule has 0 saturated heterocycles. The van der Waals surface area contributed by atoms with Crippen molar-refractivity contribution in [3.05, 3.63) is 23.2 Å². The zero-order valence-electron chi connectivity index (χ0n) is 11.7. The smallest absolute Gasteiger partial charge is 0.241 e. The van der Waals surface area contributed by atoms with E-state index in [1.165, 1.54) is 0 Å². The van der Waals surface area contributed by atoms with Crippen molar-refractivity contribution in [1.29, 1.82) is 5.26 Å². The molecule has 0 bridgehead atoms. The minimum Gasteiger partial charge on any atom is -0.397 e. The van der Waals surface area contributed by atoms with Crippen molar-refractivity contribution >= 4 is 28.9 Å². The maximum absolute atomic E-state index is 12.2. The van der Waals surface area contributed by atoms with Gasteiger partial charge in [-0.25, -0.2) is 0 Å². The molecule has 0 spiro atoms. The molecule has 0 saturated carbocycles. The molecular formula is C14H19ClN4O. The molecule has 0 aromatic heterocycles. The summed E-state index contributed by atoms with van der Waals surface area (Å²) in [5.74, 6) is -0.154. The fraction of sp³-hybridized carbons (Fsp3) is 0.429. The molecule has 1 atom stereocenters. The van der Waals surface area contributed by atoms with E-state index in [-0.39, 0.29) is 11.9 Å². The quantitative estimate of drug-likeness (QED) is 0.790. The van der Waals surface area contributed by atoms with Gasteiger partial charge in [0, 0.05) is 18.0 Å². The van der Waals surface area contributed by atoms with E-state index in [0.717, 1.165) is 0 Å². The first-order valence-corrected chi connectivity index (χ1v) is 6.84. The zero-order valence-corrected chi connectivity index (χ0v) is 12.4. The monoisotopic (exact) mass is 294 g/mol. The van der Waals surface area contributed by atoms with E-state index in [1.54, 1.807) is 18.2 Å². The van der Waals surface area contributed by atoms with Gasteiger partial charge < -0.3 is 11.1 Å². The average molecular weight is 295 g/mol. The van der Waals surface area contributed by atoms with Crippen LogP contribution < -0.4 is 11.1 Å². The highest BCUT2D eigenvalue weighted by Gasteiger charge is 2.20. The number of rotatable bonds is 6. The topological polar surface area (TPSA) is 82.2 Å². The summed E-state index contributed by atoms with van der Waals surface area (Å²) in [7, 11) is 0. The number of nitrogen functional groups attached to an aromatic ring is 1. The van der Waals surface area contributed by atoms with Crippen LogP contribution in [0.4, 0.5) is 11.4 Å². The third-order valence-corrected chi connectivity index (χ3v) is 3.35. The zero-order chi connectivity index (χ0) is 15.1. The van der Waals surface area contributed by atoms with E-state index in [2.05, 4.69) is 11.4 Å². The molecule has 0 aliphatic heterocycles. The number of hydrogen-bond acceptors (Lipinski definition) is 4. The Bertz CT molecular complexity index is 512. The summed E-state index contributed by atoms with van der Waals surface area (Å²) in [6.07, 6.45) is 0.397. The first kappa shape index (κ1) is 16.3. The van der Waals surface area contributed by atoms with E-state index >= 15 is 0 Å². The number of nitriles is 1. The van der Waals surface area contributed by atoms with E-state index < -0.39 is 0 Å². The molecule has 20 heavy (non-hydrogen) atoms. The lowest BCUT2D eigenvalue weighted by molar-refractivity contribution is -0.120. The number of likely N-dealkylation sites (N-methyl/N-ethyl adjacent to an activating group) is 1. The number of carbonyl (C=O) groups excluding carboxylic acids is 1. The summed E-state index contributed by atoms with van der Waals surface area (Å²) >= 11 is 5.81. The summed E-state index contributed by atoms with van der Waals surface area (Å²) in [6.45, 7) is 5.03. The standard InChI is InChI=1S/C14H19ClN4O/c1-3-19(8-4-7-16)10(2)14(20)18-13-6-5-11(15)9-12(13)17/h5-6,9-10H,3-4,8,17H2,1-2H3,(H,18,20). The van der Waals surface area contributed by atoms with Crippen molar-refractivity contribution in [2.75, 3.05) is 24.1 Å². The lowest BCUT2D eigenvalue weighted by Crippen LogP contribution is -2.42. The van der Waals surface area contributed by atoms with E-state index in [4.69, 9.17) is 22.6 Å². The van der Waals surface area contributed by atoms with Gasteiger partial charge in [-0.3, -0.25) is 9.69 Å². The molecule has 108 valence electrons. The Morgan fingerprint density at radius 2 is 2.30 bits per heavy atom. The Morgan fingerprint density at radius 3 is 2.85 bits per heavy atom. The van der Waals surface area contributed by atoms with Gasteiger partial charge in [0.15, 0.2) is 0 Å². The van der Waals surface area contributed by atoms with Crippen LogP contribution in [0.25, 0.3) is 0 Å². The molecule has 6 heteroatoms. The summed E-state index contributed by atoms with van der Waals surface area (Å²) in [6, 6.07) is 6.69. The van der Waals surface area contributed by atoms with Crippen molar-refractivity contribution in [2.24, 2.45) is 0 Å². The molecule has 1 rings (SSSR count). The number of amides is 1. The van der Waals surface area contributed by atoms with Crippen LogP contribution in [-0.4, -0.2) is 29.9 Å². The number of hydrogen-bond donors (Lipinski definition) is 2. The summed E-state index contributed by atoms with van der Waals surface area (Å²) < 4.78 is 0. The maximum Gasteiger partial charge on any atom is 0.241 e. The number of nitrogens with one attached hydrogen (secondary N) is 1. The van der Waals surface area contributed by atoms with Crippen LogP contribution in [0, 0.1) is 11.3 Å². The summed E-state index contributed by atoms with van der Waals surface area (Å²) in [5.41, 5.74) is 6.78. The van der Waals surface area contributed by atoms with Crippen molar-refractivity contribution < 1.29 is 4.79 Å².